The lowest BCUT2D eigenvalue weighted by molar-refractivity contribution is -0.883. The first kappa shape index (κ1) is 7.38. The molecule has 3 heteroatoms. The number of nitrogens with zero attached hydrogens (tertiary/aromatic N) is 1. The molecule has 0 atom stereocenters. The lowest BCUT2D eigenvalue weighted by Gasteiger charge is -1.93. The smallest absolute Gasteiger partial charge is 0.268 e. The maximum absolute atomic E-state index is 9.66. The molecule has 1 N–H and O–H groups in total. The maximum atomic E-state index is 9.66. The summed E-state index contributed by atoms with van der Waals surface area (Å²) >= 11 is 0. The Morgan fingerprint density at radius 1 is 1.14 bits per heavy atom. The highest BCUT2D eigenvalue weighted by molar-refractivity contribution is 5.99. The lowest BCUT2D eigenvalue weighted by atomic mass is 10.2. The molecule has 0 aliphatic carbocycles. The van der Waals surface area contributed by atoms with Gasteiger partial charge >= 0.3 is 0 Å². The van der Waals surface area contributed by atoms with E-state index in [-0.39, 0.29) is 0 Å². The Labute approximate surface area is 79.8 Å². The quantitative estimate of drug-likeness (QED) is 0.431. The summed E-state index contributed by atoms with van der Waals surface area (Å²) < 4.78 is 6.48. The molecule has 0 fully saturated rings. The van der Waals surface area contributed by atoms with Crippen molar-refractivity contribution in [3.05, 3.63) is 42.8 Å². The highest BCUT2D eigenvalue weighted by Gasteiger charge is 2.13. The van der Waals surface area contributed by atoms with Crippen LogP contribution >= 0.6 is 0 Å². The molecule has 0 spiro atoms. The Balaban J connectivity index is 2.67. The SMILES string of the molecule is O[n+]1cc2ccoc2c2ccccc21. The van der Waals surface area contributed by atoms with Gasteiger partial charge in [0.25, 0.3) is 5.52 Å². The van der Waals surface area contributed by atoms with Crippen molar-refractivity contribution in [1.82, 2.24) is 0 Å². The summed E-state index contributed by atoms with van der Waals surface area (Å²) in [5, 5.41) is 11.5. The summed E-state index contributed by atoms with van der Waals surface area (Å²) in [6, 6.07) is 9.40. The Bertz CT molecular complexity index is 613. The highest BCUT2D eigenvalue weighted by Crippen LogP contribution is 2.22. The zero-order chi connectivity index (χ0) is 9.54. The number of hydrogen-bond acceptors (Lipinski definition) is 2. The van der Waals surface area contributed by atoms with Gasteiger partial charge in [-0.1, -0.05) is 12.1 Å². The molecule has 1 aromatic carbocycles. The Hall–Kier alpha value is -2.03. The normalized spacial score (nSPS) is 11.1. The van der Waals surface area contributed by atoms with E-state index in [9.17, 15) is 5.21 Å². The van der Waals surface area contributed by atoms with Crippen molar-refractivity contribution in [1.29, 1.82) is 0 Å². The Morgan fingerprint density at radius 3 is 2.93 bits per heavy atom. The van der Waals surface area contributed by atoms with Gasteiger partial charge in [0.2, 0.25) is 6.20 Å². The topological polar surface area (TPSA) is 37.2 Å². The number of rotatable bonds is 0. The van der Waals surface area contributed by atoms with Crippen LogP contribution in [-0.4, -0.2) is 5.21 Å². The zero-order valence-electron chi connectivity index (χ0n) is 7.34. The molecule has 2 aromatic heterocycles. The van der Waals surface area contributed by atoms with Gasteiger partial charge in [-0.15, -0.1) is 0 Å². The first-order valence-electron chi connectivity index (χ1n) is 4.36. The van der Waals surface area contributed by atoms with Crippen LogP contribution in [0.5, 0.6) is 0 Å². The number of benzene rings is 1. The van der Waals surface area contributed by atoms with Gasteiger partial charge in [0.15, 0.2) is 5.58 Å². The third kappa shape index (κ3) is 0.836. The van der Waals surface area contributed by atoms with Crippen LogP contribution < -0.4 is 4.73 Å². The fourth-order valence-corrected chi connectivity index (χ4v) is 1.71. The molecule has 3 aromatic rings. The van der Waals surface area contributed by atoms with E-state index in [1.165, 1.54) is 0 Å². The number of fused-ring (bicyclic) bond motifs is 3. The van der Waals surface area contributed by atoms with Gasteiger partial charge < -0.3 is 4.42 Å². The molecule has 14 heavy (non-hydrogen) atoms. The van der Waals surface area contributed by atoms with Crippen molar-refractivity contribution in [2.75, 3.05) is 0 Å². The molecular formula is C11H8NO2+. The van der Waals surface area contributed by atoms with E-state index in [1.807, 2.05) is 30.3 Å². The minimum atomic E-state index is 0.745. The summed E-state index contributed by atoms with van der Waals surface area (Å²) in [6.45, 7) is 0. The van der Waals surface area contributed by atoms with Gasteiger partial charge in [-0.3, -0.25) is 5.21 Å². The average Bonchev–Trinajstić information content (AvgIpc) is 2.66. The molecule has 0 saturated carbocycles. The predicted molar refractivity (Wildman–Crippen MR) is 51.1 cm³/mol. The van der Waals surface area contributed by atoms with Gasteiger partial charge in [-0.05, 0) is 12.1 Å². The van der Waals surface area contributed by atoms with E-state index in [0.29, 0.717) is 0 Å². The summed E-state index contributed by atoms with van der Waals surface area (Å²) in [6.07, 6.45) is 3.26. The third-order valence-electron chi connectivity index (χ3n) is 2.35. The first-order chi connectivity index (χ1) is 6.86. The molecule has 0 aliphatic rings. The number of pyridine rings is 1. The second kappa shape index (κ2) is 2.48. The summed E-state index contributed by atoms with van der Waals surface area (Å²) in [7, 11) is 0. The summed E-state index contributed by atoms with van der Waals surface area (Å²) in [5.74, 6) is 0. The molecule has 0 radical (unpaired) electrons. The first-order valence-corrected chi connectivity index (χ1v) is 4.36. The molecule has 0 amide bonds. The monoisotopic (exact) mass is 186 g/mol. The van der Waals surface area contributed by atoms with Crippen LogP contribution in [0.3, 0.4) is 0 Å². The molecule has 0 aliphatic heterocycles. The second-order valence-electron chi connectivity index (χ2n) is 3.20. The summed E-state index contributed by atoms with van der Waals surface area (Å²) in [4.78, 5) is 0. The van der Waals surface area contributed by atoms with E-state index in [1.54, 1.807) is 12.5 Å². The summed E-state index contributed by atoms with van der Waals surface area (Å²) in [5.41, 5.74) is 1.56. The van der Waals surface area contributed by atoms with Crippen LogP contribution in [-0.2, 0) is 0 Å². The minimum absolute atomic E-state index is 0.745. The molecule has 68 valence electrons. The third-order valence-corrected chi connectivity index (χ3v) is 2.35. The van der Waals surface area contributed by atoms with Crippen LogP contribution in [0.2, 0.25) is 0 Å². The van der Waals surface area contributed by atoms with Gasteiger partial charge in [0.1, 0.15) is 0 Å². The highest BCUT2D eigenvalue weighted by atomic mass is 16.5. The van der Waals surface area contributed by atoms with E-state index in [2.05, 4.69) is 0 Å². The van der Waals surface area contributed by atoms with Crippen LogP contribution in [0.4, 0.5) is 0 Å². The van der Waals surface area contributed by atoms with Crippen molar-refractivity contribution in [2.24, 2.45) is 0 Å². The van der Waals surface area contributed by atoms with Gasteiger partial charge in [-0.25, -0.2) is 0 Å². The van der Waals surface area contributed by atoms with Gasteiger partial charge in [0.05, 0.1) is 17.0 Å². The van der Waals surface area contributed by atoms with Gasteiger partial charge in [-0.2, -0.15) is 0 Å². The Kier molecular flexibility index (Phi) is 1.31. The van der Waals surface area contributed by atoms with E-state index < -0.39 is 0 Å². The Morgan fingerprint density at radius 2 is 2.00 bits per heavy atom. The molecule has 2 heterocycles. The zero-order valence-corrected chi connectivity index (χ0v) is 7.34. The fourth-order valence-electron chi connectivity index (χ4n) is 1.71. The van der Waals surface area contributed by atoms with Gasteiger partial charge in [0, 0.05) is 10.8 Å². The van der Waals surface area contributed by atoms with Crippen molar-refractivity contribution < 1.29 is 14.4 Å². The van der Waals surface area contributed by atoms with Crippen molar-refractivity contribution in [3.63, 3.8) is 0 Å². The molecule has 0 saturated heterocycles. The second-order valence-corrected chi connectivity index (χ2v) is 3.20. The molecule has 0 unspecified atom stereocenters. The fraction of sp³-hybridized carbons (Fsp3) is 0. The lowest BCUT2D eigenvalue weighted by Crippen LogP contribution is -2.29. The standard InChI is InChI=1S/C11H8NO2/c13-12-7-8-5-6-14-11(8)9-3-1-2-4-10(9)12/h1-7,13H/q+1. The predicted octanol–water partition coefficient (Wildman–Crippen LogP) is 2.11. The average molecular weight is 186 g/mol. The van der Waals surface area contributed by atoms with E-state index in [4.69, 9.17) is 4.42 Å². The molecule has 3 rings (SSSR count). The van der Waals surface area contributed by atoms with Crippen molar-refractivity contribution in [2.45, 2.75) is 0 Å². The van der Waals surface area contributed by atoms with Crippen LogP contribution in [0.1, 0.15) is 0 Å². The van der Waals surface area contributed by atoms with Crippen LogP contribution in [0.25, 0.3) is 21.9 Å². The molecule has 0 bridgehead atoms. The minimum Gasteiger partial charge on any atom is -0.463 e. The van der Waals surface area contributed by atoms with Crippen LogP contribution in [0.15, 0.2) is 47.2 Å². The van der Waals surface area contributed by atoms with Crippen LogP contribution in [0, 0.1) is 0 Å². The number of para-hydroxylation sites is 1. The maximum Gasteiger partial charge on any atom is 0.268 e. The van der Waals surface area contributed by atoms with Crippen molar-refractivity contribution in [3.8, 4) is 0 Å². The number of aromatic nitrogens is 1. The number of furan rings is 1. The van der Waals surface area contributed by atoms with E-state index >= 15 is 0 Å². The number of hydrogen-bond donors (Lipinski definition) is 1. The largest absolute Gasteiger partial charge is 0.463 e. The molecule has 3 nitrogen and oxygen atoms in total. The molecular weight excluding hydrogens is 178 g/mol. The van der Waals surface area contributed by atoms with E-state index in [0.717, 1.165) is 26.6 Å². The van der Waals surface area contributed by atoms with Crippen molar-refractivity contribution >= 4 is 21.9 Å².